The van der Waals surface area contributed by atoms with E-state index >= 15 is 0 Å². The first-order valence-corrected chi connectivity index (χ1v) is 7.10. The number of hydrogen-bond donors (Lipinski definition) is 3. The van der Waals surface area contributed by atoms with Crippen LogP contribution >= 0.6 is 11.6 Å². The Morgan fingerprint density at radius 2 is 1.77 bits per heavy atom. The Kier molecular flexibility index (Phi) is 4.20. The Hall–Kier alpha value is -2.21. The fraction of sp³-hybridized carbons (Fsp3) is 0.125. The summed E-state index contributed by atoms with van der Waals surface area (Å²) >= 11 is 5.98. The predicted octanol–water partition coefficient (Wildman–Crippen LogP) is 3.01. The fourth-order valence-corrected chi connectivity index (χ4v) is 2.48. The van der Waals surface area contributed by atoms with Crippen LogP contribution in [0.5, 0.6) is 0 Å². The monoisotopic (exact) mass is 315 g/mol. The molecule has 0 aliphatic heterocycles. The Morgan fingerprint density at radius 1 is 1.00 bits per heavy atom. The van der Waals surface area contributed by atoms with Gasteiger partial charge in [-0.1, -0.05) is 17.7 Å². The van der Waals surface area contributed by atoms with Crippen molar-refractivity contribution in [3.8, 4) is 0 Å². The van der Waals surface area contributed by atoms with Crippen molar-refractivity contribution >= 4 is 34.0 Å². The van der Waals surface area contributed by atoms with Gasteiger partial charge in [-0.25, -0.2) is 9.97 Å². The highest BCUT2D eigenvalue weighted by atomic mass is 35.5. The third-order valence-electron chi connectivity index (χ3n) is 3.38. The van der Waals surface area contributed by atoms with Crippen LogP contribution in [0, 0.1) is 0 Å². The number of nitrogens with one attached hydrogen (secondary N) is 1. The van der Waals surface area contributed by atoms with Crippen LogP contribution in [0.4, 0.5) is 11.5 Å². The number of hydrogen-bond acceptors (Lipinski definition) is 5. The zero-order valence-corrected chi connectivity index (χ0v) is 12.4. The molecule has 0 saturated carbocycles. The van der Waals surface area contributed by atoms with Gasteiger partial charge in [-0.3, -0.25) is 0 Å². The zero-order valence-electron chi connectivity index (χ0n) is 11.6. The molecule has 0 spiro atoms. The number of nitrogens with zero attached hydrogens (tertiary/aromatic N) is 2. The van der Waals surface area contributed by atoms with Crippen molar-refractivity contribution in [3.63, 3.8) is 0 Å². The Balaban J connectivity index is 2.09. The van der Waals surface area contributed by atoms with Gasteiger partial charge >= 0.3 is 0 Å². The van der Waals surface area contributed by atoms with Gasteiger partial charge in [0.15, 0.2) is 0 Å². The van der Waals surface area contributed by atoms with Crippen molar-refractivity contribution < 1.29 is 10.2 Å². The number of rotatable bonds is 4. The number of anilines is 2. The number of aromatic nitrogens is 2. The first-order chi connectivity index (χ1) is 10.7. The van der Waals surface area contributed by atoms with Crippen LogP contribution in [0.1, 0.15) is 11.1 Å². The molecule has 0 unspecified atom stereocenters. The summed E-state index contributed by atoms with van der Waals surface area (Å²) in [5, 5.41) is 23.4. The average Bonchev–Trinajstić information content (AvgIpc) is 2.54. The molecule has 3 N–H and O–H groups in total. The molecule has 1 heterocycles. The van der Waals surface area contributed by atoms with E-state index in [2.05, 4.69) is 15.3 Å². The minimum absolute atomic E-state index is 0.146. The van der Waals surface area contributed by atoms with Crippen LogP contribution in [0.15, 0.2) is 42.7 Å². The molecule has 0 amide bonds. The minimum Gasteiger partial charge on any atom is -0.392 e. The molecule has 6 heteroatoms. The number of aliphatic hydroxyl groups excluding tert-OH is 2. The van der Waals surface area contributed by atoms with Gasteiger partial charge in [0.1, 0.15) is 12.1 Å². The Labute approximate surface area is 132 Å². The summed E-state index contributed by atoms with van der Waals surface area (Å²) in [4.78, 5) is 8.47. The van der Waals surface area contributed by atoms with Crippen LogP contribution in [-0.2, 0) is 13.2 Å². The summed E-state index contributed by atoms with van der Waals surface area (Å²) < 4.78 is 0. The van der Waals surface area contributed by atoms with E-state index in [-0.39, 0.29) is 13.2 Å². The summed E-state index contributed by atoms with van der Waals surface area (Å²) in [6, 6.07) is 10.9. The molecule has 0 aliphatic rings. The topological polar surface area (TPSA) is 78.3 Å². The lowest BCUT2D eigenvalue weighted by atomic mass is 10.0. The van der Waals surface area contributed by atoms with Crippen molar-refractivity contribution in [3.05, 3.63) is 58.9 Å². The van der Waals surface area contributed by atoms with Gasteiger partial charge in [-0.15, -0.1) is 0 Å². The maximum Gasteiger partial charge on any atom is 0.141 e. The second-order valence-electron chi connectivity index (χ2n) is 4.81. The number of fused-ring (bicyclic) bond motifs is 1. The largest absolute Gasteiger partial charge is 0.392 e. The smallest absolute Gasteiger partial charge is 0.141 e. The van der Waals surface area contributed by atoms with Gasteiger partial charge in [0.05, 0.1) is 18.7 Å². The SMILES string of the molecule is OCc1cc2ncnc(Nc3cccc(Cl)c3)c2cc1CO. The normalized spacial score (nSPS) is 10.9. The summed E-state index contributed by atoms with van der Waals surface area (Å²) in [7, 11) is 0. The Morgan fingerprint density at radius 3 is 2.50 bits per heavy atom. The van der Waals surface area contributed by atoms with Crippen LogP contribution in [0.2, 0.25) is 5.02 Å². The highest BCUT2D eigenvalue weighted by Gasteiger charge is 2.09. The van der Waals surface area contributed by atoms with Gasteiger partial charge in [0, 0.05) is 16.1 Å². The van der Waals surface area contributed by atoms with Gasteiger partial charge in [0.25, 0.3) is 0 Å². The van der Waals surface area contributed by atoms with Gasteiger partial charge in [0.2, 0.25) is 0 Å². The van der Waals surface area contributed by atoms with Crippen LogP contribution in [-0.4, -0.2) is 20.2 Å². The molecular formula is C16H14ClN3O2. The average molecular weight is 316 g/mol. The second-order valence-corrected chi connectivity index (χ2v) is 5.25. The number of halogens is 1. The van der Waals surface area contributed by atoms with E-state index in [1.165, 1.54) is 6.33 Å². The maximum atomic E-state index is 9.44. The second kappa shape index (κ2) is 6.27. The van der Waals surface area contributed by atoms with Crippen LogP contribution in [0.3, 0.4) is 0 Å². The maximum absolute atomic E-state index is 9.44. The van der Waals surface area contributed by atoms with Crippen LogP contribution < -0.4 is 5.32 Å². The minimum atomic E-state index is -0.155. The van der Waals surface area contributed by atoms with E-state index in [0.29, 0.717) is 27.5 Å². The molecule has 0 saturated heterocycles. The van der Waals surface area contributed by atoms with E-state index in [4.69, 9.17) is 11.6 Å². The molecule has 0 bridgehead atoms. The molecule has 0 atom stereocenters. The van der Waals surface area contributed by atoms with Crippen molar-refractivity contribution in [2.24, 2.45) is 0 Å². The molecule has 0 fully saturated rings. The lowest BCUT2D eigenvalue weighted by Gasteiger charge is -2.11. The van der Waals surface area contributed by atoms with Crippen molar-refractivity contribution in [1.29, 1.82) is 0 Å². The molecule has 0 aliphatic carbocycles. The van der Waals surface area contributed by atoms with E-state index < -0.39 is 0 Å². The number of aliphatic hydroxyl groups is 2. The summed E-state index contributed by atoms with van der Waals surface area (Å²) in [6.45, 7) is -0.301. The molecule has 112 valence electrons. The molecule has 5 nitrogen and oxygen atoms in total. The van der Waals surface area contributed by atoms with E-state index in [1.807, 2.05) is 12.1 Å². The molecular weight excluding hydrogens is 302 g/mol. The van der Waals surface area contributed by atoms with E-state index in [0.717, 1.165) is 11.1 Å². The summed E-state index contributed by atoms with van der Waals surface area (Å²) in [5.41, 5.74) is 2.81. The number of benzene rings is 2. The lowest BCUT2D eigenvalue weighted by Crippen LogP contribution is -2.00. The highest BCUT2D eigenvalue weighted by molar-refractivity contribution is 6.30. The molecule has 22 heavy (non-hydrogen) atoms. The molecule has 3 aromatic rings. The molecule has 1 aromatic heterocycles. The van der Waals surface area contributed by atoms with Crippen molar-refractivity contribution in [2.75, 3.05) is 5.32 Å². The molecule has 3 rings (SSSR count). The first kappa shape index (κ1) is 14.7. The quantitative estimate of drug-likeness (QED) is 0.690. The standard InChI is InChI=1S/C16H14ClN3O2/c17-12-2-1-3-13(6-12)20-16-14-4-10(7-21)11(8-22)5-15(14)18-9-19-16/h1-6,9,21-22H,7-8H2,(H,18,19,20). The lowest BCUT2D eigenvalue weighted by molar-refractivity contribution is 0.260. The summed E-state index contributed by atoms with van der Waals surface area (Å²) in [5.74, 6) is 0.617. The molecule has 2 aromatic carbocycles. The highest BCUT2D eigenvalue weighted by Crippen LogP contribution is 2.27. The third kappa shape index (κ3) is 2.87. The van der Waals surface area contributed by atoms with Gasteiger partial charge < -0.3 is 15.5 Å². The van der Waals surface area contributed by atoms with Crippen molar-refractivity contribution in [2.45, 2.75) is 13.2 Å². The van der Waals surface area contributed by atoms with E-state index in [9.17, 15) is 10.2 Å². The van der Waals surface area contributed by atoms with Crippen LogP contribution in [0.25, 0.3) is 10.9 Å². The van der Waals surface area contributed by atoms with E-state index in [1.54, 1.807) is 24.3 Å². The van der Waals surface area contributed by atoms with Crippen molar-refractivity contribution in [1.82, 2.24) is 9.97 Å². The predicted molar refractivity (Wildman–Crippen MR) is 86.1 cm³/mol. The fourth-order valence-electron chi connectivity index (χ4n) is 2.29. The zero-order chi connectivity index (χ0) is 15.5. The summed E-state index contributed by atoms with van der Waals surface area (Å²) in [6.07, 6.45) is 1.45. The first-order valence-electron chi connectivity index (χ1n) is 6.72. The van der Waals surface area contributed by atoms with Gasteiger partial charge in [-0.05, 0) is 41.5 Å². The Bertz CT molecular complexity index is 824. The molecule has 0 radical (unpaired) electrons. The third-order valence-corrected chi connectivity index (χ3v) is 3.62. The van der Waals surface area contributed by atoms with Gasteiger partial charge in [-0.2, -0.15) is 0 Å².